The summed E-state index contributed by atoms with van der Waals surface area (Å²) in [6.07, 6.45) is -7.91. The van der Waals surface area contributed by atoms with Crippen molar-refractivity contribution >= 4 is 14.5 Å². The van der Waals surface area contributed by atoms with Gasteiger partial charge in [-0.15, -0.1) is 0 Å². The normalized spacial score (nSPS) is 30.7. The van der Waals surface area contributed by atoms with Gasteiger partial charge in [0, 0.05) is 27.1 Å². The Labute approximate surface area is 341 Å². The SMILES string of the molecule is CC(C)(C)[Si]1(C(C)(C)C)OC[C@@H]2O[C@H](O[C@H]3[C@H]4O[C@@H](c5ccccc5)OC[C@H]4O[C@@H](OCCCN=[N+]=[N-])[C@@H]3OC(=O)c3ccccc3)[C@H](OCc3ccccc3)[C@H]2O1. The molecule has 15 heteroatoms. The van der Waals surface area contributed by atoms with Crippen LogP contribution in [-0.4, -0.2) is 96.2 Å². The van der Waals surface area contributed by atoms with Gasteiger partial charge in [-0.2, -0.15) is 0 Å². The molecule has 58 heavy (non-hydrogen) atoms. The van der Waals surface area contributed by atoms with Gasteiger partial charge in [-0.25, -0.2) is 4.79 Å². The number of azide groups is 1. The van der Waals surface area contributed by atoms with Crippen molar-refractivity contribution in [3.05, 3.63) is 118 Å². The van der Waals surface area contributed by atoms with E-state index in [2.05, 4.69) is 51.6 Å². The topological polar surface area (TPSA) is 158 Å². The van der Waals surface area contributed by atoms with Crippen molar-refractivity contribution in [2.45, 2.75) is 126 Å². The molecule has 4 saturated heterocycles. The number of nitrogens with zero attached hydrogens (tertiary/aromatic N) is 3. The average molecular weight is 818 g/mol. The van der Waals surface area contributed by atoms with Crippen molar-refractivity contribution in [2.75, 3.05) is 26.4 Å². The van der Waals surface area contributed by atoms with Gasteiger partial charge in [-0.05, 0) is 29.6 Å². The molecular weight excluding hydrogens is 763 g/mol. The summed E-state index contributed by atoms with van der Waals surface area (Å²) in [6, 6.07) is 28.2. The second kappa shape index (κ2) is 18.3. The molecule has 0 aromatic heterocycles. The first-order chi connectivity index (χ1) is 27.9. The van der Waals surface area contributed by atoms with Crippen molar-refractivity contribution in [2.24, 2.45) is 5.11 Å². The maximum absolute atomic E-state index is 13.9. The van der Waals surface area contributed by atoms with E-state index in [9.17, 15) is 4.79 Å². The molecule has 4 heterocycles. The third-order valence-corrected chi connectivity index (χ3v) is 16.1. The molecule has 0 N–H and O–H groups in total. The number of hydrogen-bond donors (Lipinski definition) is 0. The number of benzene rings is 3. The van der Waals surface area contributed by atoms with Gasteiger partial charge in [0.1, 0.15) is 36.6 Å². The molecule has 0 unspecified atom stereocenters. The lowest BCUT2D eigenvalue weighted by Gasteiger charge is -2.53. The summed E-state index contributed by atoms with van der Waals surface area (Å²) in [7, 11) is -2.98. The quantitative estimate of drug-likeness (QED) is 0.0412. The van der Waals surface area contributed by atoms with Crippen molar-refractivity contribution in [3.63, 3.8) is 0 Å². The second-order valence-corrected chi connectivity index (χ2v) is 21.8. The molecule has 0 radical (unpaired) electrons. The molecule has 3 aromatic rings. The van der Waals surface area contributed by atoms with E-state index in [1.807, 2.05) is 66.7 Å². The minimum Gasteiger partial charge on any atom is -0.450 e. The van der Waals surface area contributed by atoms with Crippen LogP contribution in [0.4, 0.5) is 0 Å². The van der Waals surface area contributed by atoms with Gasteiger partial charge in [-0.3, -0.25) is 0 Å². The third-order valence-electron chi connectivity index (χ3n) is 10.9. The summed E-state index contributed by atoms with van der Waals surface area (Å²) in [5.74, 6) is -0.601. The molecule has 4 aliphatic rings. The second-order valence-electron chi connectivity index (χ2n) is 17.0. The molecule has 0 saturated carbocycles. The van der Waals surface area contributed by atoms with Crippen LogP contribution in [-0.2, 0) is 53.4 Å². The Morgan fingerprint density at radius 1 is 0.776 bits per heavy atom. The summed E-state index contributed by atoms with van der Waals surface area (Å²) in [5, 5.41) is 3.04. The number of ether oxygens (including phenoxy) is 8. The molecule has 10 atom stereocenters. The highest BCUT2D eigenvalue weighted by atomic mass is 28.4. The van der Waals surface area contributed by atoms with Crippen molar-refractivity contribution in [3.8, 4) is 0 Å². The maximum atomic E-state index is 13.9. The van der Waals surface area contributed by atoms with Gasteiger partial charge >= 0.3 is 14.5 Å². The van der Waals surface area contributed by atoms with Gasteiger partial charge in [0.15, 0.2) is 25.0 Å². The van der Waals surface area contributed by atoms with Gasteiger partial charge in [0.05, 0.1) is 32.0 Å². The summed E-state index contributed by atoms with van der Waals surface area (Å²) < 4.78 is 66.7. The third kappa shape index (κ3) is 9.20. The van der Waals surface area contributed by atoms with E-state index in [0.717, 1.165) is 11.1 Å². The Balaban J connectivity index is 1.25. The number of rotatable bonds is 13. The van der Waals surface area contributed by atoms with Gasteiger partial charge in [-0.1, -0.05) is 126 Å². The van der Waals surface area contributed by atoms with Crippen LogP contribution in [0.1, 0.15) is 75.7 Å². The van der Waals surface area contributed by atoms with Crippen LogP contribution < -0.4 is 0 Å². The number of carbonyl (C=O) groups is 1. The monoisotopic (exact) mass is 817 g/mol. The fourth-order valence-corrected chi connectivity index (χ4v) is 13.4. The van der Waals surface area contributed by atoms with Crippen LogP contribution in [0.25, 0.3) is 10.4 Å². The lowest BCUT2D eigenvalue weighted by molar-refractivity contribution is -0.378. The highest BCUT2D eigenvalue weighted by molar-refractivity contribution is 6.73. The van der Waals surface area contributed by atoms with E-state index in [0.29, 0.717) is 18.6 Å². The molecule has 0 aliphatic carbocycles. The van der Waals surface area contributed by atoms with Crippen LogP contribution >= 0.6 is 0 Å². The predicted molar refractivity (Wildman–Crippen MR) is 213 cm³/mol. The van der Waals surface area contributed by atoms with Crippen LogP contribution in [0.5, 0.6) is 0 Å². The molecule has 4 fully saturated rings. The summed E-state index contributed by atoms with van der Waals surface area (Å²) in [4.78, 5) is 16.7. The van der Waals surface area contributed by atoms with E-state index in [1.165, 1.54) is 0 Å². The zero-order valence-corrected chi connectivity index (χ0v) is 35.0. The molecule has 7 rings (SSSR count). The predicted octanol–water partition coefficient (Wildman–Crippen LogP) is 7.92. The zero-order chi connectivity index (χ0) is 40.9. The first-order valence-electron chi connectivity index (χ1n) is 20.0. The zero-order valence-electron chi connectivity index (χ0n) is 34.0. The molecule has 0 bridgehead atoms. The van der Waals surface area contributed by atoms with Crippen LogP contribution in [0, 0.1) is 0 Å². The maximum Gasteiger partial charge on any atom is 0.349 e. The van der Waals surface area contributed by atoms with Crippen molar-refractivity contribution in [1.82, 2.24) is 0 Å². The van der Waals surface area contributed by atoms with Crippen molar-refractivity contribution in [1.29, 1.82) is 0 Å². The molecule has 14 nitrogen and oxygen atoms in total. The minimum absolute atomic E-state index is 0.134. The molecule has 312 valence electrons. The number of esters is 1. The van der Waals surface area contributed by atoms with Gasteiger partial charge in [0.25, 0.3) is 0 Å². The Bertz CT molecular complexity index is 1830. The smallest absolute Gasteiger partial charge is 0.349 e. The number of carbonyl (C=O) groups excluding carboxylic acids is 1. The highest BCUT2D eigenvalue weighted by Crippen LogP contribution is 2.56. The Morgan fingerprint density at radius 2 is 1.41 bits per heavy atom. The van der Waals surface area contributed by atoms with Crippen molar-refractivity contribution < 1.29 is 51.5 Å². The fraction of sp³-hybridized carbons (Fsp3) is 0.558. The van der Waals surface area contributed by atoms with E-state index < -0.39 is 76.1 Å². The fourth-order valence-electron chi connectivity index (χ4n) is 8.40. The minimum atomic E-state index is -2.98. The van der Waals surface area contributed by atoms with E-state index in [4.69, 9.17) is 52.3 Å². The van der Waals surface area contributed by atoms with Crippen LogP contribution in [0.2, 0.25) is 10.1 Å². The van der Waals surface area contributed by atoms with E-state index >= 15 is 0 Å². The molecule has 3 aromatic carbocycles. The first-order valence-corrected chi connectivity index (χ1v) is 21.8. The van der Waals surface area contributed by atoms with Crippen LogP contribution in [0.3, 0.4) is 0 Å². The summed E-state index contributed by atoms with van der Waals surface area (Å²) in [6.45, 7) is 14.1. The summed E-state index contributed by atoms with van der Waals surface area (Å²) >= 11 is 0. The molecular formula is C43H55N3O11Si. The number of hydrogen-bond acceptors (Lipinski definition) is 12. The largest absolute Gasteiger partial charge is 0.450 e. The van der Waals surface area contributed by atoms with Crippen LogP contribution in [0.15, 0.2) is 96.1 Å². The Morgan fingerprint density at radius 3 is 2.09 bits per heavy atom. The Kier molecular flexibility index (Phi) is 13.4. The lowest BCUT2D eigenvalue weighted by atomic mass is 9.96. The molecule has 4 aliphatic heterocycles. The highest BCUT2D eigenvalue weighted by Gasteiger charge is 2.66. The number of fused-ring (bicyclic) bond motifs is 2. The first kappa shape index (κ1) is 42.4. The van der Waals surface area contributed by atoms with Gasteiger partial charge in [0.2, 0.25) is 0 Å². The standard InChI is InChI=1S/C43H55N3O11Si/c1-42(2,3)58(43(4,5)6)51-27-32-34(57-58)36(49-25-28-17-10-7-11-18-28)41(53-32)56-35-33-31(26-50-39(55-33)30-21-14-9-15-22-30)52-40(48-24-16-23-45-46-44)37(35)54-38(47)29-19-12-8-13-20-29/h7-15,17-22,31-37,39-41H,16,23-27H2,1-6H3/t31-,32+,33+,34+,35+,36-,37-,39+,40-,41-/m1/s1. The molecule has 0 amide bonds. The van der Waals surface area contributed by atoms with E-state index in [1.54, 1.807) is 24.3 Å². The summed E-state index contributed by atoms with van der Waals surface area (Å²) in [5.41, 5.74) is 10.9. The lowest BCUT2D eigenvalue weighted by Crippen LogP contribution is -2.66. The molecule has 0 spiro atoms. The Hall–Kier alpha value is -3.70. The van der Waals surface area contributed by atoms with Gasteiger partial charge < -0.3 is 46.7 Å². The van der Waals surface area contributed by atoms with E-state index in [-0.39, 0.29) is 36.4 Å². The average Bonchev–Trinajstić information content (AvgIpc) is 3.56.